The molecular weight excluding hydrogens is 360 g/mol. The Balaban J connectivity index is 2.45. The Labute approximate surface area is 150 Å². The molecule has 0 radical (unpaired) electrons. The number of benzene rings is 2. The zero-order valence-electron chi connectivity index (χ0n) is 14.0. The summed E-state index contributed by atoms with van der Waals surface area (Å²) in [5, 5.41) is 14.6. The number of phenols is 1. The van der Waals surface area contributed by atoms with Crippen molar-refractivity contribution in [1.29, 1.82) is 0 Å². The first kappa shape index (κ1) is 19.1. The van der Waals surface area contributed by atoms with Crippen LogP contribution in [0.1, 0.15) is 15.9 Å². The standard InChI is InChI=1S/C16H18N4O5S/c1-9-7-10(8-11(14(9)21)15(17)22)20-26(24,25)13-6-4-3-5-12(13)19-16(23)18-2/h3-8,20-21H,1-2H3,(H2,17,22)(H2,18,19,23). The number of carbonyl (C=O) groups is 2. The monoisotopic (exact) mass is 378 g/mol. The van der Waals surface area contributed by atoms with E-state index in [1.54, 1.807) is 6.07 Å². The summed E-state index contributed by atoms with van der Waals surface area (Å²) in [6.45, 7) is 1.50. The smallest absolute Gasteiger partial charge is 0.319 e. The average Bonchev–Trinajstić information content (AvgIpc) is 2.57. The predicted octanol–water partition coefficient (Wildman–Crippen LogP) is 1.35. The molecule has 6 N–H and O–H groups in total. The molecule has 26 heavy (non-hydrogen) atoms. The normalized spacial score (nSPS) is 10.8. The number of rotatable bonds is 5. The van der Waals surface area contributed by atoms with E-state index in [-0.39, 0.29) is 33.1 Å². The lowest BCUT2D eigenvalue weighted by Gasteiger charge is -2.14. The molecule has 2 rings (SSSR count). The maximum absolute atomic E-state index is 12.7. The molecular formula is C16H18N4O5S. The Hall–Kier alpha value is -3.27. The molecule has 0 bridgehead atoms. The van der Waals surface area contributed by atoms with Crippen molar-refractivity contribution in [2.75, 3.05) is 17.1 Å². The fourth-order valence-electron chi connectivity index (χ4n) is 2.23. The topological polar surface area (TPSA) is 151 Å². The maximum Gasteiger partial charge on any atom is 0.319 e. The molecule has 0 aliphatic heterocycles. The lowest BCUT2D eigenvalue weighted by Crippen LogP contribution is -2.26. The van der Waals surface area contributed by atoms with E-state index in [0.717, 1.165) is 6.07 Å². The minimum absolute atomic E-state index is 0.0452. The van der Waals surface area contributed by atoms with Crippen LogP contribution in [0.3, 0.4) is 0 Å². The van der Waals surface area contributed by atoms with Gasteiger partial charge in [-0.1, -0.05) is 12.1 Å². The van der Waals surface area contributed by atoms with Crippen molar-refractivity contribution in [3.05, 3.63) is 47.5 Å². The Bertz CT molecular complexity index is 973. The van der Waals surface area contributed by atoms with Crippen LogP contribution in [0.5, 0.6) is 5.75 Å². The first-order valence-electron chi connectivity index (χ1n) is 7.39. The van der Waals surface area contributed by atoms with E-state index in [9.17, 15) is 23.1 Å². The van der Waals surface area contributed by atoms with Gasteiger partial charge in [-0.05, 0) is 36.8 Å². The number of primary amides is 1. The Morgan fingerprint density at radius 2 is 1.81 bits per heavy atom. The Morgan fingerprint density at radius 1 is 1.15 bits per heavy atom. The fraction of sp³-hybridized carbons (Fsp3) is 0.125. The highest BCUT2D eigenvalue weighted by atomic mass is 32.2. The van der Waals surface area contributed by atoms with Crippen LogP contribution in [0.4, 0.5) is 16.2 Å². The summed E-state index contributed by atoms with van der Waals surface area (Å²) in [6, 6.07) is 7.73. The number of nitrogens with one attached hydrogen (secondary N) is 3. The van der Waals surface area contributed by atoms with Crippen molar-refractivity contribution < 1.29 is 23.1 Å². The number of nitrogens with two attached hydrogens (primary N) is 1. The largest absolute Gasteiger partial charge is 0.507 e. The van der Waals surface area contributed by atoms with Gasteiger partial charge < -0.3 is 21.5 Å². The number of aromatic hydroxyl groups is 1. The summed E-state index contributed by atoms with van der Waals surface area (Å²) < 4.78 is 27.7. The van der Waals surface area contributed by atoms with Gasteiger partial charge >= 0.3 is 6.03 Å². The zero-order valence-corrected chi connectivity index (χ0v) is 14.8. The minimum atomic E-state index is -4.10. The molecule has 0 atom stereocenters. The zero-order chi connectivity index (χ0) is 19.5. The van der Waals surface area contributed by atoms with Gasteiger partial charge in [-0.3, -0.25) is 9.52 Å². The number of carbonyl (C=O) groups excluding carboxylic acids is 2. The molecule has 0 fully saturated rings. The van der Waals surface area contributed by atoms with E-state index in [1.165, 1.54) is 38.2 Å². The quantitative estimate of drug-likeness (QED) is 0.498. The van der Waals surface area contributed by atoms with Gasteiger partial charge in [-0.2, -0.15) is 0 Å². The first-order valence-corrected chi connectivity index (χ1v) is 8.88. The molecule has 0 heterocycles. The van der Waals surface area contributed by atoms with Crippen molar-refractivity contribution in [3.8, 4) is 5.75 Å². The fourth-order valence-corrected chi connectivity index (χ4v) is 3.43. The van der Waals surface area contributed by atoms with Gasteiger partial charge in [-0.25, -0.2) is 13.2 Å². The van der Waals surface area contributed by atoms with Crippen LogP contribution in [0, 0.1) is 6.92 Å². The van der Waals surface area contributed by atoms with Crippen LogP contribution in [0.25, 0.3) is 0 Å². The van der Waals surface area contributed by atoms with Crippen LogP contribution < -0.4 is 21.1 Å². The number of para-hydroxylation sites is 1. The molecule has 0 saturated carbocycles. The van der Waals surface area contributed by atoms with Gasteiger partial charge in [-0.15, -0.1) is 0 Å². The van der Waals surface area contributed by atoms with E-state index < -0.39 is 22.0 Å². The van der Waals surface area contributed by atoms with Crippen LogP contribution in [-0.4, -0.2) is 32.5 Å². The van der Waals surface area contributed by atoms with Crippen molar-refractivity contribution in [1.82, 2.24) is 5.32 Å². The van der Waals surface area contributed by atoms with Gasteiger partial charge in [0.05, 0.1) is 16.9 Å². The highest BCUT2D eigenvalue weighted by Crippen LogP contribution is 2.29. The minimum Gasteiger partial charge on any atom is -0.507 e. The molecule has 0 aromatic heterocycles. The number of hydrogen-bond donors (Lipinski definition) is 5. The second-order valence-electron chi connectivity index (χ2n) is 5.36. The van der Waals surface area contributed by atoms with Gasteiger partial charge in [0.2, 0.25) is 0 Å². The molecule has 0 spiro atoms. The molecule has 0 aliphatic rings. The van der Waals surface area contributed by atoms with Crippen molar-refractivity contribution >= 4 is 33.3 Å². The molecule has 9 nitrogen and oxygen atoms in total. The number of urea groups is 1. The van der Waals surface area contributed by atoms with Crippen molar-refractivity contribution in [2.24, 2.45) is 5.73 Å². The first-order chi connectivity index (χ1) is 12.2. The van der Waals surface area contributed by atoms with Crippen LogP contribution in [0.2, 0.25) is 0 Å². The van der Waals surface area contributed by atoms with Crippen LogP contribution >= 0.6 is 0 Å². The molecule has 3 amide bonds. The van der Waals surface area contributed by atoms with Crippen LogP contribution in [0.15, 0.2) is 41.3 Å². The van der Waals surface area contributed by atoms with Crippen molar-refractivity contribution in [2.45, 2.75) is 11.8 Å². The number of amides is 3. The lowest BCUT2D eigenvalue weighted by molar-refractivity contribution is 0.0997. The third kappa shape index (κ3) is 4.03. The summed E-state index contributed by atoms with van der Waals surface area (Å²) >= 11 is 0. The number of hydrogen-bond acceptors (Lipinski definition) is 5. The van der Waals surface area contributed by atoms with Gasteiger partial charge in [0.25, 0.3) is 15.9 Å². The molecule has 2 aromatic rings. The molecule has 10 heteroatoms. The van der Waals surface area contributed by atoms with E-state index in [4.69, 9.17) is 5.73 Å². The SMILES string of the molecule is CNC(=O)Nc1ccccc1S(=O)(=O)Nc1cc(C)c(O)c(C(N)=O)c1. The molecule has 138 valence electrons. The summed E-state index contributed by atoms with van der Waals surface area (Å²) in [7, 11) is -2.70. The molecule has 2 aromatic carbocycles. The second-order valence-corrected chi connectivity index (χ2v) is 7.01. The third-order valence-corrected chi connectivity index (χ3v) is 4.91. The van der Waals surface area contributed by atoms with E-state index in [0.29, 0.717) is 0 Å². The van der Waals surface area contributed by atoms with Gasteiger partial charge in [0.15, 0.2) is 0 Å². The Morgan fingerprint density at radius 3 is 2.42 bits per heavy atom. The van der Waals surface area contributed by atoms with Crippen LogP contribution in [-0.2, 0) is 10.0 Å². The van der Waals surface area contributed by atoms with Gasteiger partial charge in [0, 0.05) is 7.05 Å². The second kappa shape index (κ2) is 7.31. The number of sulfonamides is 1. The summed E-state index contributed by atoms with van der Waals surface area (Å²) in [5.41, 5.74) is 5.38. The van der Waals surface area contributed by atoms with Crippen molar-refractivity contribution in [3.63, 3.8) is 0 Å². The lowest BCUT2D eigenvalue weighted by atomic mass is 10.1. The summed E-state index contributed by atoms with van der Waals surface area (Å²) in [6.07, 6.45) is 0. The molecule has 0 saturated heterocycles. The summed E-state index contributed by atoms with van der Waals surface area (Å²) in [5.74, 6) is -1.21. The number of aryl methyl sites for hydroxylation is 1. The predicted molar refractivity (Wildman–Crippen MR) is 96.7 cm³/mol. The average molecular weight is 378 g/mol. The highest BCUT2D eigenvalue weighted by molar-refractivity contribution is 7.92. The summed E-state index contributed by atoms with van der Waals surface area (Å²) in [4.78, 5) is 22.7. The third-order valence-electron chi connectivity index (χ3n) is 3.47. The Kier molecular flexibility index (Phi) is 5.36. The number of anilines is 2. The molecule has 0 unspecified atom stereocenters. The van der Waals surface area contributed by atoms with E-state index in [1.807, 2.05) is 0 Å². The van der Waals surface area contributed by atoms with Gasteiger partial charge in [0.1, 0.15) is 10.6 Å². The highest BCUT2D eigenvalue weighted by Gasteiger charge is 2.21. The van der Waals surface area contributed by atoms with E-state index in [2.05, 4.69) is 15.4 Å². The molecule has 0 aliphatic carbocycles. The maximum atomic E-state index is 12.7. The van der Waals surface area contributed by atoms with E-state index >= 15 is 0 Å².